The molecule has 1 saturated heterocycles. The van der Waals surface area contributed by atoms with Crippen LogP contribution in [0.1, 0.15) is 20.3 Å². The van der Waals surface area contributed by atoms with Crippen molar-refractivity contribution in [2.45, 2.75) is 20.3 Å². The van der Waals surface area contributed by atoms with Crippen LogP contribution in [0.15, 0.2) is 6.20 Å². The van der Waals surface area contributed by atoms with E-state index in [1.54, 1.807) is 0 Å². The molecule has 104 valence electrons. The van der Waals surface area contributed by atoms with E-state index in [1.807, 2.05) is 18.7 Å². The maximum atomic E-state index is 11.5. The number of carboxylic acids is 1. The Kier molecular flexibility index (Phi) is 3.44. The summed E-state index contributed by atoms with van der Waals surface area (Å²) in [6.45, 7) is 4.70. The molecule has 0 saturated carbocycles. The van der Waals surface area contributed by atoms with Crippen LogP contribution in [0.5, 0.6) is 0 Å². The number of hydrogen-bond donors (Lipinski definition) is 1. The van der Waals surface area contributed by atoms with Crippen LogP contribution in [0.3, 0.4) is 0 Å². The van der Waals surface area contributed by atoms with E-state index >= 15 is 0 Å². The fourth-order valence-electron chi connectivity index (χ4n) is 2.38. The van der Waals surface area contributed by atoms with Gasteiger partial charge < -0.3 is 10.0 Å². The monoisotopic (exact) mass is 285 g/mol. The van der Waals surface area contributed by atoms with Gasteiger partial charge in [-0.15, -0.1) is 0 Å². The molecule has 1 fully saturated rings. The normalized spacial score (nSPS) is 23.0. The first-order valence-corrected chi connectivity index (χ1v) is 6.77. The van der Waals surface area contributed by atoms with Crippen molar-refractivity contribution in [2.75, 3.05) is 18.0 Å². The quantitative estimate of drug-likeness (QED) is 0.671. The van der Waals surface area contributed by atoms with Crippen LogP contribution in [-0.4, -0.2) is 34.1 Å². The zero-order valence-electron chi connectivity index (χ0n) is 10.7. The molecule has 1 unspecified atom stereocenters. The molecule has 8 heteroatoms. The van der Waals surface area contributed by atoms with Gasteiger partial charge >= 0.3 is 11.0 Å². The van der Waals surface area contributed by atoms with Crippen molar-refractivity contribution in [3.8, 4) is 0 Å². The molecular formula is C11H15N3O4S. The van der Waals surface area contributed by atoms with Crippen molar-refractivity contribution in [2.24, 2.45) is 11.3 Å². The summed E-state index contributed by atoms with van der Waals surface area (Å²) < 4.78 is 0. The Morgan fingerprint density at radius 3 is 2.79 bits per heavy atom. The Morgan fingerprint density at radius 2 is 2.37 bits per heavy atom. The number of carboxylic acid groups (broad SMARTS) is 1. The van der Waals surface area contributed by atoms with Crippen LogP contribution >= 0.6 is 11.3 Å². The number of anilines is 1. The molecule has 0 amide bonds. The summed E-state index contributed by atoms with van der Waals surface area (Å²) in [5.41, 5.74) is -0.791. The molecule has 0 aliphatic carbocycles. The van der Waals surface area contributed by atoms with Gasteiger partial charge in [-0.05, 0) is 23.7 Å². The minimum absolute atomic E-state index is 0.00458. The molecule has 0 spiro atoms. The van der Waals surface area contributed by atoms with E-state index in [0.717, 1.165) is 11.3 Å². The molecule has 19 heavy (non-hydrogen) atoms. The van der Waals surface area contributed by atoms with Gasteiger partial charge in [-0.3, -0.25) is 14.9 Å². The van der Waals surface area contributed by atoms with Crippen LogP contribution in [0.25, 0.3) is 0 Å². The Bertz CT molecular complexity index is 516. The maximum absolute atomic E-state index is 11.5. The van der Waals surface area contributed by atoms with Gasteiger partial charge in [0.2, 0.25) is 0 Å². The highest BCUT2D eigenvalue weighted by atomic mass is 32.1. The lowest BCUT2D eigenvalue weighted by Crippen LogP contribution is -2.39. The lowest BCUT2D eigenvalue weighted by atomic mass is 9.76. The van der Waals surface area contributed by atoms with Crippen molar-refractivity contribution >= 4 is 27.4 Å². The number of carbonyl (C=O) groups is 1. The molecular weight excluding hydrogens is 270 g/mol. The third kappa shape index (κ3) is 2.27. The van der Waals surface area contributed by atoms with E-state index in [0.29, 0.717) is 24.6 Å². The molecule has 1 aromatic heterocycles. The van der Waals surface area contributed by atoms with E-state index in [1.165, 1.54) is 6.20 Å². The standard InChI is InChI=1S/C11H15N3O4S/c1-7(2)11(9(15)16)3-4-13(6-11)10-12-5-8(19-10)14(17)18/h5,7H,3-4,6H2,1-2H3,(H,15,16). The lowest BCUT2D eigenvalue weighted by molar-refractivity contribution is -0.380. The van der Waals surface area contributed by atoms with Crippen molar-refractivity contribution in [1.29, 1.82) is 0 Å². The van der Waals surface area contributed by atoms with E-state index in [2.05, 4.69) is 4.98 Å². The topological polar surface area (TPSA) is 96.6 Å². The number of aliphatic carboxylic acids is 1. The first kappa shape index (κ1) is 13.7. The highest BCUT2D eigenvalue weighted by Crippen LogP contribution is 2.41. The van der Waals surface area contributed by atoms with Crippen LogP contribution in [0.2, 0.25) is 0 Å². The summed E-state index contributed by atoms with van der Waals surface area (Å²) in [7, 11) is 0. The lowest BCUT2D eigenvalue weighted by Gasteiger charge is -2.28. The fourth-order valence-corrected chi connectivity index (χ4v) is 3.13. The van der Waals surface area contributed by atoms with Gasteiger partial charge in [0, 0.05) is 13.1 Å². The average Bonchev–Trinajstić information content (AvgIpc) is 2.96. The highest BCUT2D eigenvalue weighted by molar-refractivity contribution is 7.18. The Balaban J connectivity index is 2.21. The number of nitrogens with zero attached hydrogens (tertiary/aromatic N) is 3. The van der Waals surface area contributed by atoms with E-state index < -0.39 is 16.3 Å². The van der Waals surface area contributed by atoms with E-state index in [4.69, 9.17) is 0 Å². The van der Waals surface area contributed by atoms with Crippen molar-refractivity contribution in [3.63, 3.8) is 0 Å². The van der Waals surface area contributed by atoms with Crippen molar-refractivity contribution < 1.29 is 14.8 Å². The van der Waals surface area contributed by atoms with E-state index in [9.17, 15) is 20.0 Å². The van der Waals surface area contributed by atoms with Crippen LogP contribution in [-0.2, 0) is 4.79 Å². The minimum Gasteiger partial charge on any atom is -0.481 e. The minimum atomic E-state index is -0.809. The Labute approximate surface area is 114 Å². The number of aromatic nitrogens is 1. The molecule has 1 atom stereocenters. The predicted octanol–water partition coefficient (Wildman–Crippen LogP) is 1.99. The molecule has 1 N–H and O–H groups in total. The van der Waals surface area contributed by atoms with Crippen molar-refractivity contribution in [3.05, 3.63) is 16.3 Å². The molecule has 1 aromatic rings. The van der Waals surface area contributed by atoms with Gasteiger partial charge in [0.1, 0.15) is 6.20 Å². The van der Waals surface area contributed by atoms with Crippen LogP contribution in [0, 0.1) is 21.4 Å². The third-order valence-corrected chi connectivity index (χ3v) is 4.77. The SMILES string of the molecule is CC(C)C1(C(=O)O)CCN(c2ncc([N+](=O)[O-])s2)C1. The first-order chi connectivity index (χ1) is 8.86. The van der Waals surface area contributed by atoms with Crippen LogP contribution < -0.4 is 4.90 Å². The van der Waals surface area contributed by atoms with Gasteiger partial charge in [0.05, 0.1) is 10.3 Å². The number of rotatable bonds is 4. The average molecular weight is 285 g/mol. The second kappa shape index (κ2) is 4.76. The number of nitro groups is 1. The summed E-state index contributed by atoms with van der Waals surface area (Å²) in [5.74, 6) is -0.805. The third-order valence-electron chi connectivity index (χ3n) is 3.76. The maximum Gasteiger partial charge on any atom is 0.345 e. The Hall–Kier alpha value is -1.70. The zero-order chi connectivity index (χ0) is 14.2. The Morgan fingerprint density at radius 1 is 1.68 bits per heavy atom. The fraction of sp³-hybridized carbons (Fsp3) is 0.636. The van der Waals surface area contributed by atoms with Gasteiger partial charge in [-0.2, -0.15) is 0 Å². The highest BCUT2D eigenvalue weighted by Gasteiger charge is 2.48. The molecule has 0 aromatic carbocycles. The number of thiazole rings is 1. The molecule has 1 aliphatic heterocycles. The second-order valence-corrected chi connectivity index (χ2v) is 6.01. The van der Waals surface area contributed by atoms with Crippen molar-refractivity contribution in [1.82, 2.24) is 4.98 Å². The van der Waals surface area contributed by atoms with E-state index in [-0.39, 0.29) is 10.9 Å². The summed E-state index contributed by atoms with van der Waals surface area (Å²) in [6.07, 6.45) is 1.75. The first-order valence-electron chi connectivity index (χ1n) is 5.95. The second-order valence-electron chi connectivity index (χ2n) is 5.03. The molecule has 0 bridgehead atoms. The summed E-state index contributed by atoms with van der Waals surface area (Å²) in [6, 6.07) is 0. The zero-order valence-corrected chi connectivity index (χ0v) is 11.5. The summed E-state index contributed by atoms with van der Waals surface area (Å²) in [4.78, 5) is 27.5. The van der Waals surface area contributed by atoms with Gasteiger partial charge in [-0.25, -0.2) is 4.98 Å². The molecule has 0 radical (unpaired) electrons. The predicted molar refractivity (Wildman–Crippen MR) is 70.5 cm³/mol. The molecule has 7 nitrogen and oxygen atoms in total. The smallest absolute Gasteiger partial charge is 0.345 e. The molecule has 2 rings (SSSR count). The van der Waals surface area contributed by atoms with Gasteiger partial charge in [0.25, 0.3) is 0 Å². The van der Waals surface area contributed by atoms with Crippen LogP contribution in [0.4, 0.5) is 10.1 Å². The van der Waals surface area contributed by atoms with Gasteiger partial charge in [-0.1, -0.05) is 13.8 Å². The number of hydrogen-bond acceptors (Lipinski definition) is 6. The largest absolute Gasteiger partial charge is 0.481 e. The summed E-state index contributed by atoms with van der Waals surface area (Å²) in [5, 5.41) is 20.6. The molecule has 1 aliphatic rings. The van der Waals surface area contributed by atoms with Gasteiger partial charge in [0.15, 0.2) is 5.13 Å². The molecule has 2 heterocycles. The summed E-state index contributed by atoms with van der Waals surface area (Å²) >= 11 is 0.985.